The molecule has 0 spiro atoms. The highest BCUT2D eigenvalue weighted by molar-refractivity contribution is 6.32. The first-order valence-corrected chi connectivity index (χ1v) is 8.52. The number of hydrogen-bond acceptors (Lipinski definition) is 5. The predicted molar refractivity (Wildman–Crippen MR) is 105 cm³/mol. The van der Waals surface area contributed by atoms with Gasteiger partial charge in [0, 0.05) is 23.0 Å². The van der Waals surface area contributed by atoms with Crippen molar-refractivity contribution in [3.63, 3.8) is 0 Å². The molecule has 3 rings (SSSR count). The van der Waals surface area contributed by atoms with Crippen LogP contribution in [0.4, 0.5) is 5.69 Å². The van der Waals surface area contributed by atoms with Gasteiger partial charge in [-0.15, -0.1) is 0 Å². The summed E-state index contributed by atoms with van der Waals surface area (Å²) in [5.74, 6) is 1.15. The summed E-state index contributed by atoms with van der Waals surface area (Å²) in [6.45, 7) is 1.83. The zero-order chi connectivity index (χ0) is 19.4. The molecule has 0 unspecified atom stereocenters. The van der Waals surface area contributed by atoms with E-state index in [1.54, 1.807) is 18.3 Å². The Morgan fingerprint density at radius 1 is 1.11 bits per heavy atom. The second-order valence-electron chi connectivity index (χ2n) is 5.72. The summed E-state index contributed by atoms with van der Waals surface area (Å²) >= 11 is 6.18. The van der Waals surface area contributed by atoms with Crippen LogP contribution in [0.2, 0.25) is 5.02 Å². The van der Waals surface area contributed by atoms with Crippen molar-refractivity contribution in [2.24, 2.45) is 0 Å². The molecule has 0 saturated carbocycles. The van der Waals surface area contributed by atoms with Crippen LogP contribution in [0, 0.1) is 6.92 Å². The maximum absolute atomic E-state index is 12.6. The molecule has 27 heavy (non-hydrogen) atoms. The molecule has 1 N–H and O–H groups in total. The first-order chi connectivity index (χ1) is 13.0. The van der Waals surface area contributed by atoms with Gasteiger partial charge < -0.3 is 14.8 Å². The van der Waals surface area contributed by atoms with E-state index in [0.29, 0.717) is 33.6 Å². The number of anilines is 1. The van der Waals surface area contributed by atoms with E-state index in [1.807, 2.05) is 31.2 Å². The fraction of sp³-hybridized carbons (Fsp3) is 0.150. The van der Waals surface area contributed by atoms with Gasteiger partial charge in [0.05, 0.1) is 24.9 Å². The fourth-order valence-electron chi connectivity index (χ4n) is 2.63. The summed E-state index contributed by atoms with van der Waals surface area (Å²) < 4.78 is 10.4. The molecule has 0 aliphatic carbocycles. The molecule has 0 fully saturated rings. The average Bonchev–Trinajstić information content (AvgIpc) is 2.67. The molecular weight excluding hydrogens is 366 g/mol. The lowest BCUT2D eigenvalue weighted by molar-refractivity contribution is 0.102. The first kappa shape index (κ1) is 18.7. The van der Waals surface area contributed by atoms with Crippen LogP contribution in [0.1, 0.15) is 16.2 Å². The van der Waals surface area contributed by atoms with Gasteiger partial charge in [0.1, 0.15) is 5.82 Å². The minimum atomic E-state index is -0.311. The minimum absolute atomic E-state index is 0.298. The SMILES string of the molecule is COc1cc(C(=O)Nc2cccc(-c3ccnc(C)n3)c2)cc(Cl)c1OC. The number of aryl methyl sites for hydroxylation is 1. The maximum atomic E-state index is 12.6. The molecule has 7 heteroatoms. The number of nitrogens with one attached hydrogen (secondary N) is 1. The number of benzene rings is 2. The average molecular weight is 384 g/mol. The van der Waals surface area contributed by atoms with Crippen LogP contribution in [0.25, 0.3) is 11.3 Å². The van der Waals surface area contributed by atoms with Crippen LogP contribution in [0.3, 0.4) is 0 Å². The Hall–Kier alpha value is -3.12. The second kappa shape index (κ2) is 8.05. The lowest BCUT2D eigenvalue weighted by Gasteiger charge is -2.12. The van der Waals surface area contributed by atoms with Crippen LogP contribution in [0.5, 0.6) is 11.5 Å². The Morgan fingerprint density at radius 3 is 2.63 bits per heavy atom. The first-order valence-electron chi connectivity index (χ1n) is 8.14. The van der Waals surface area contributed by atoms with E-state index in [4.69, 9.17) is 21.1 Å². The summed E-state index contributed by atoms with van der Waals surface area (Å²) in [6.07, 6.45) is 1.70. The van der Waals surface area contributed by atoms with E-state index in [9.17, 15) is 4.79 Å². The lowest BCUT2D eigenvalue weighted by atomic mass is 10.1. The van der Waals surface area contributed by atoms with Gasteiger partial charge in [-0.05, 0) is 37.3 Å². The van der Waals surface area contributed by atoms with Crippen molar-refractivity contribution >= 4 is 23.2 Å². The molecule has 0 atom stereocenters. The number of amides is 1. The number of hydrogen-bond donors (Lipinski definition) is 1. The molecule has 0 saturated heterocycles. The van der Waals surface area contributed by atoms with Gasteiger partial charge in [-0.3, -0.25) is 4.79 Å². The van der Waals surface area contributed by atoms with E-state index >= 15 is 0 Å². The van der Waals surface area contributed by atoms with Crippen LogP contribution in [-0.2, 0) is 0 Å². The van der Waals surface area contributed by atoms with Crippen molar-refractivity contribution < 1.29 is 14.3 Å². The standard InChI is InChI=1S/C20H18ClN3O3/c1-12-22-8-7-17(23-12)13-5-4-6-15(9-13)24-20(25)14-10-16(21)19(27-3)18(11-14)26-2/h4-11H,1-3H3,(H,24,25). The number of nitrogens with zero attached hydrogens (tertiary/aromatic N) is 2. The van der Waals surface area contributed by atoms with Crippen LogP contribution in [-0.4, -0.2) is 30.1 Å². The molecule has 1 amide bonds. The van der Waals surface area contributed by atoms with Crippen molar-refractivity contribution in [2.75, 3.05) is 19.5 Å². The zero-order valence-corrected chi connectivity index (χ0v) is 15.9. The van der Waals surface area contributed by atoms with Crippen molar-refractivity contribution in [2.45, 2.75) is 6.92 Å². The third-order valence-corrected chi connectivity index (χ3v) is 4.17. The molecule has 0 aliphatic rings. The number of carbonyl (C=O) groups is 1. The predicted octanol–water partition coefficient (Wildman–Crippen LogP) is 4.37. The van der Waals surface area contributed by atoms with E-state index < -0.39 is 0 Å². The minimum Gasteiger partial charge on any atom is -0.493 e. The van der Waals surface area contributed by atoms with Gasteiger partial charge in [0.15, 0.2) is 11.5 Å². The highest BCUT2D eigenvalue weighted by Gasteiger charge is 2.15. The summed E-state index contributed by atoms with van der Waals surface area (Å²) in [5, 5.41) is 3.16. The molecule has 3 aromatic rings. The number of methoxy groups -OCH3 is 2. The van der Waals surface area contributed by atoms with Gasteiger partial charge in [-0.2, -0.15) is 0 Å². The highest BCUT2D eigenvalue weighted by Crippen LogP contribution is 2.36. The zero-order valence-electron chi connectivity index (χ0n) is 15.1. The summed E-state index contributed by atoms with van der Waals surface area (Å²) in [5.41, 5.74) is 2.66. The Labute approximate surface area is 162 Å². The molecule has 2 aromatic carbocycles. The molecule has 6 nitrogen and oxygen atoms in total. The second-order valence-corrected chi connectivity index (χ2v) is 6.12. The number of rotatable bonds is 5. The van der Waals surface area contributed by atoms with Crippen LogP contribution in [0.15, 0.2) is 48.7 Å². The van der Waals surface area contributed by atoms with Gasteiger partial charge in [-0.25, -0.2) is 9.97 Å². The van der Waals surface area contributed by atoms with Crippen molar-refractivity contribution in [1.82, 2.24) is 9.97 Å². The van der Waals surface area contributed by atoms with Gasteiger partial charge in [0.25, 0.3) is 5.91 Å². The molecule has 1 aromatic heterocycles. The van der Waals surface area contributed by atoms with E-state index in [1.165, 1.54) is 20.3 Å². The van der Waals surface area contributed by atoms with Crippen molar-refractivity contribution in [3.8, 4) is 22.8 Å². The lowest BCUT2D eigenvalue weighted by Crippen LogP contribution is -2.12. The molecule has 0 aliphatic heterocycles. The summed E-state index contributed by atoms with van der Waals surface area (Å²) in [7, 11) is 2.98. The van der Waals surface area contributed by atoms with E-state index in [-0.39, 0.29) is 5.91 Å². The maximum Gasteiger partial charge on any atom is 0.255 e. The fourth-order valence-corrected chi connectivity index (χ4v) is 2.91. The van der Waals surface area contributed by atoms with Crippen LogP contribution >= 0.6 is 11.6 Å². The number of carbonyl (C=O) groups excluding carboxylic acids is 1. The highest BCUT2D eigenvalue weighted by atomic mass is 35.5. The van der Waals surface area contributed by atoms with Gasteiger partial charge in [-0.1, -0.05) is 23.7 Å². The number of ether oxygens (including phenoxy) is 2. The van der Waals surface area contributed by atoms with Crippen molar-refractivity contribution in [3.05, 3.63) is 65.1 Å². The van der Waals surface area contributed by atoms with Gasteiger partial charge >= 0.3 is 0 Å². The van der Waals surface area contributed by atoms with Crippen LogP contribution < -0.4 is 14.8 Å². The molecular formula is C20H18ClN3O3. The number of aromatic nitrogens is 2. The molecule has 1 heterocycles. The molecule has 0 bridgehead atoms. The third kappa shape index (κ3) is 4.17. The largest absolute Gasteiger partial charge is 0.493 e. The molecule has 0 radical (unpaired) electrons. The molecule has 138 valence electrons. The normalized spacial score (nSPS) is 10.4. The van der Waals surface area contributed by atoms with E-state index in [0.717, 1.165) is 11.3 Å². The summed E-state index contributed by atoms with van der Waals surface area (Å²) in [4.78, 5) is 21.1. The monoisotopic (exact) mass is 383 g/mol. The third-order valence-electron chi connectivity index (χ3n) is 3.89. The Bertz CT molecular complexity index is 992. The smallest absolute Gasteiger partial charge is 0.255 e. The van der Waals surface area contributed by atoms with Gasteiger partial charge in [0.2, 0.25) is 0 Å². The summed E-state index contributed by atoms with van der Waals surface area (Å²) in [6, 6.07) is 12.4. The Morgan fingerprint density at radius 2 is 1.93 bits per heavy atom. The Kier molecular flexibility index (Phi) is 5.57. The van der Waals surface area contributed by atoms with Crippen molar-refractivity contribution in [1.29, 1.82) is 0 Å². The topological polar surface area (TPSA) is 73.3 Å². The quantitative estimate of drug-likeness (QED) is 0.708. The number of halogens is 1. The Balaban J connectivity index is 1.87. The van der Waals surface area contributed by atoms with E-state index in [2.05, 4.69) is 15.3 Å².